The summed E-state index contributed by atoms with van der Waals surface area (Å²) in [6, 6.07) is 16.5. The predicted octanol–water partition coefficient (Wildman–Crippen LogP) is 3.61. The molecule has 1 amide bonds. The number of methoxy groups -OCH3 is 1. The molecule has 1 aliphatic carbocycles. The lowest BCUT2D eigenvalue weighted by Crippen LogP contribution is -2.34. The third-order valence-electron chi connectivity index (χ3n) is 4.26. The molecule has 1 saturated carbocycles. The Morgan fingerprint density at radius 3 is 2.58 bits per heavy atom. The zero-order valence-electron chi connectivity index (χ0n) is 14.3. The first-order valence-electron chi connectivity index (χ1n) is 8.37. The predicted molar refractivity (Wildman–Crippen MR) is 96.2 cm³/mol. The molecule has 3 rings (SSSR count). The SMILES string of the molecule is COc1ccc(CN(CC(=O)Nc2cccc(C)c2)C2CC2)cc1. The Kier molecular flexibility index (Phi) is 5.16. The molecule has 0 radical (unpaired) electrons. The van der Waals surface area contributed by atoms with E-state index in [0.29, 0.717) is 12.6 Å². The van der Waals surface area contributed by atoms with Crippen molar-refractivity contribution < 1.29 is 9.53 Å². The van der Waals surface area contributed by atoms with Crippen molar-refractivity contribution in [1.82, 2.24) is 4.90 Å². The fourth-order valence-corrected chi connectivity index (χ4v) is 2.83. The van der Waals surface area contributed by atoms with Crippen molar-refractivity contribution in [1.29, 1.82) is 0 Å². The number of nitrogens with one attached hydrogen (secondary N) is 1. The number of hydrogen-bond donors (Lipinski definition) is 1. The van der Waals surface area contributed by atoms with Crippen molar-refractivity contribution in [2.45, 2.75) is 32.4 Å². The summed E-state index contributed by atoms with van der Waals surface area (Å²) >= 11 is 0. The van der Waals surface area contributed by atoms with Crippen molar-refractivity contribution in [3.63, 3.8) is 0 Å². The Morgan fingerprint density at radius 1 is 1.21 bits per heavy atom. The third-order valence-corrected chi connectivity index (χ3v) is 4.26. The number of carbonyl (C=O) groups is 1. The van der Waals surface area contributed by atoms with Gasteiger partial charge in [-0.2, -0.15) is 0 Å². The maximum Gasteiger partial charge on any atom is 0.238 e. The monoisotopic (exact) mass is 324 g/mol. The van der Waals surface area contributed by atoms with Gasteiger partial charge in [0.2, 0.25) is 5.91 Å². The zero-order valence-corrected chi connectivity index (χ0v) is 14.3. The molecule has 2 aromatic rings. The molecule has 126 valence electrons. The van der Waals surface area contributed by atoms with Crippen LogP contribution in [0.2, 0.25) is 0 Å². The number of carbonyl (C=O) groups excluding carboxylic acids is 1. The summed E-state index contributed by atoms with van der Waals surface area (Å²) in [5.74, 6) is 0.898. The minimum absolute atomic E-state index is 0.0426. The van der Waals surface area contributed by atoms with E-state index in [2.05, 4.69) is 22.3 Å². The second-order valence-corrected chi connectivity index (χ2v) is 6.40. The fourth-order valence-electron chi connectivity index (χ4n) is 2.83. The van der Waals surface area contributed by atoms with Crippen molar-refractivity contribution in [2.24, 2.45) is 0 Å². The molecule has 1 fully saturated rings. The Balaban J connectivity index is 1.60. The highest BCUT2D eigenvalue weighted by molar-refractivity contribution is 5.92. The quantitative estimate of drug-likeness (QED) is 0.846. The number of rotatable bonds is 7. The summed E-state index contributed by atoms with van der Waals surface area (Å²) in [6.07, 6.45) is 2.35. The lowest BCUT2D eigenvalue weighted by molar-refractivity contribution is -0.117. The number of anilines is 1. The standard InChI is InChI=1S/C20H24N2O2/c1-15-4-3-5-17(12-15)21-20(23)14-22(18-8-9-18)13-16-6-10-19(24-2)11-7-16/h3-7,10-12,18H,8-9,13-14H2,1-2H3,(H,21,23). The first-order chi connectivity index (χ1) is 11.6. The third kappa shape index (κ3) is 4.59. The van der Waals surface area contributed by atoms with Gasteiger partial charge in [0.15, 0.2) is 0 Å². The van der Waals surface area contributed by atoms with Gasteiger partial charge >= 0.3 is 0 Å². The highest BCUT2D eigenvalue weighted by Gasteiger charge is 2.30. The molecule has 24 heavy (non-hydrogen) atoms. The normalized spacial score (nSPS) is 13.8. The van der Waals surface area contributed by atoms with Crippen LogP contribution < -0.4 is 10.1 Å². The summed E-state index contributed by atoms with van der Waals surface area (Å²) in [5.41, 5.74) is 3.20. The van der Waals surface area contributed by atoms with E-state index in [4.69, 9.17) is 4.74 Å². The summed E-state index contributed by atoms with van der Waals surface area (Å²) in [4.78, 5) is 14.6. The molecule has 1 aliphatic rings. The zero-order chi connectivity index (χ0) is 16.9. The van der Waals surface area contributed by atoms with E-state index >= 15 is 0 Å². The summed E-state index contributed by atoms with van der Waals surface area (Å²) < 4.78 is 5.20. The summed E-state index contributed by atoms with van der Waals surface area (Å²) in [5, 5.41) is 3.00. The van der Waals surface area contributed by atoms with E-state index < -0.39 is 0 Å². The van der Waals surface area contributed by atoms with Crippen molar-refractivity contribution >= 4 is 11.6 Å². The highest BCUT2D eigenvalue weighted by atomic mass is 16.5. The van der Waals surface area contributed by atoms with E-state index in [1.54, 1.807) is 7.11 Å². The van der Waals surface area contributed by atoms with Gasteiger partial charge in [0.1, 0.15) is 5.75 Å². The molecule has 0 atom stereocenters. The molecule has 4 nitrogen and oxygen atoms in total. The van der Waals surface area contributed by atoms with Gasteiger partial charge in [-0.1, -0.05) is 24.3 Å². The molecule has 0 spiro atoms. The molecule has 0 aromatic heterocycles. The van der Waals surface area contributed by atoms with Crippen LogP contribution in [0.4, 0.5) is 5.69 Å². The topological polar surface area (TPSA) is 41.6 Å². The van der Waals surface area contributed by atoms with Crippen LogP contribution in [0.15, 0.2) is 48.5 Å². The molecular weight excluding hydrogens is 300 g/mol. The number of ether oxygens (including phenoxy) is 1. The Bertz CT molecular complexity index is 693. The van der Waals surface area contributed by atoms with Gasteiger partial charge in [-0.05, 0) is 55.2 Å². The number of aryl methyl sites for hydroxylation is 1. The van der Waals surface area contributed by atoms with Crippen LogP contribution in [0.25, 0.3) is 0 Å². The molecule has 2 aromatic carbocycles. The Morgan fingerprint density at radius 2 is 1.96 bits per heavy atom. The van der Waals surface area contributed by atoms with Gasteiger partial charge in [0.05, 0.1) is 13.7 Å². The molecule has 0 bridgehead atoms. The van der Waals surface area contributed by atoms with Crippen LogP contribution in [0.1, 0.15) is 24.0 Å². The lowest BCUT2D eigenvalue weighted by atomic mass is 10.2. The summed E-state index contributed by atoms with van der Waals surface area (Å²) in [6.45, 7) is 3.23. The Labute approximate surface area is 143 Å². The van der Waals surface area contributed by atoms with Crippen molar-refractivity contribution in [2.75, 3.05) is 19.0 Å². The summed E-state index contributed by atoms with van der Waals surface area (Å²) in [7, 11) is 1.67. The van der Waals surface area contributed by atoms with E-state index in [1.165, 1.54) is 18.4 Å². The molecule has 0 saturated heterocycles. The van der Waals surface area contributed by atoms with Gasteiger partial charge in [-0.15, -0.1) is 0 Å². The van der Waals surface area contributed by atoms with Gasteiger partial charge in [-0.3, -0.25) is 9.69 Å². The maximum atomic E-state index is 12.4. The molecule has 4 heteroatoms. The minimum atomic E-state index is 0.0426. The van der Waals surface area contributed by atoms with E-state index in [-0.39, 0.29) is 5.91 Å². The second kappa shape index (κ2) is 7.49. The average molecular weight is 324 g/mol. The minimum Gasteiger partial charge on any atom is -0.497 e. The Hall–Kier alpha value is -2.33. The number of amides is 1. The van der Waals surface area contributed by atoms with E-state index in [0.717, 1.165) is 23.5 Å². The number of hydrogen-bond acceptors (Lipinski definition) is 3. The molecule has 0 unspecified atom stereocenters. The molecule has 0 aliphatic heterocycles. The van der Waals surface area contributed by atoms with Gasteiger partial charge in [0, 0.05) is 18.3 Å². The van der Waals surface area contributed by atoms with Gasteiger partial charge in [0.25, 0.3) is 0 Å². The number of nitrogens with zero attached hydrogens (tertiary/aromatic N) is 1. The smallest absolute Gasteiger partial charge is 0.238 e. The van der Waals surface area contributed by atoms with Crippen LogP contribution in [0.5, 0.6) is 5.75 Å². The molecule has 0 heterocycles. The van der Waals surface area contributed by atoms with E-state index in [1.807, 2.05) is 43.3 Å². The van der Waals surface area contributed by atoms with Crippen LogP contribution in [-0.2, 0) is 11.3 Å². The highest BCUT2D eigenvalue weighted by Crippen LogP contribution is 2.28. The van der Waals surface area contributed by atoms with E-state index in [9.17, 15) is 4.79 Å². The van der Waals surface area contributed by atoms with Gasteiger partial charge in [-0.25, -0.2) is 0 Å². The largest absolute Gasteiger partial charge is 0.497 e. The van der Waals surface area contributed by atoms with Gasteiger partial charge < -0.3 is 10.1 Å². The lowest BCUT2D eigenvalue weighted by Gasteiger charge is -2.21. The van der Waals surface area contributed by atoms with Crippen molar-refractivity contribution in [3.05, 3.63) is 59.7 Å². The molecular formula is C20H24N2O2. The first kappa shape index (κ1) is 16.5. The number of benzene rings is 2. The van der Waals surface area contributed by atoms with Crippen LogP contribution in [-0.4, -0.2) is 30.5 Å². The second-order valence-electron chi connectivity index (χ2n) is 6.40. The van der Waals surface area contributed by atoms with Crippen LogP contribution in [0.3, 0.4) is 0 Å². The van der Waals surface area contributed by atoms with Crippen molar-refractivity contribution in [3.8, 4) is 5.75 Å². The molecule has 1 N–H and O–H groups in total. The van der Waals surface area contributed by atoms with Crippen LogP contribution in [0, 0.1) is 6.92 Å². The van der Waals surface area contributed by atoms with Crippen LogP contribution >= 0.6 is 0 Å². The maximum absolute atomic E-state index is 12.4. The average Bonchev–Trinajstić information content (AvgIpc) is 3.40. The first-order valence-corrected chi connectivity index (χ1v) is 8.37. The fraction of sp³-hybridized carbons (Fsp3) is 0.350.